The van der Waals surface area contributed by atoms with Crippen molar-refractivity contribution >= 4 is 17.5 Å². The predicted molar refractivity (Wildman–Crippen MR) is 75.5 cm³/mol. The number of carbonyl (C=O) groups is 1. The first-order valence-corrected chi connectivity index (χ1v) is 7.20. The highest BCUT2D eigenvalue weighted by Crippen LogP contribution is 2.32. The predicted octanol–water partition coefficient (Wildman–Crippen LogP) is 3.00. The summed E-state index contributed by atoms with van der Waals surface area (Å²) in [5.74, 6) is 0.349. The average Bonchev–Trinajstić information content (AvgIpc) is 2.89. The molecule has 5 heteroatoms. The number of rotatable bonds is 4. The molecule has 0 fully saturated rings. The lowest BCUT2D eigenvalue weighted by atomic mass is 9.88. The summed E-state index contributed by atoms with van der Waals surface area (Å²) in [5.41, 5.74) is 2.43. The molecule has 1 atom stereocenters. The highest BCUT2D eigenvalue weighted by Gasteiger charge is 2.26. The van der Waals surface area contributed by atoms with E-state index < -0.39 is 0 Å². The van der Waals surface area contributed by atoms with Crippen LogP contribution in [0.1, 0.15) is 33.1 Å². The minimum atomic E-state index is -0.0553. The van der Waals surface area contributed by atoms with Gasteiger partial charge in [0.25, 0.3) is 0 Å². The fraction of sp³-hybridized carbons (Fsp3) is 0.571. The third kappa shape index (κ3) is 3.18. The monoisotopic (exact) mass is 281 g/mol. The van der Waals surface area contributed by atoms with Crippen LogP contribution in [-0.2, 0) is 11.5 Å². The third-order valence-electron chi connectivity index (χ3n) is 3.64. The molecule has 19 heavy (non-hydrogen) atoms. The Kier molecular flexibility index (Phi) is 4.64. The fourth-order valence-corrected chi connectivity index (χ4v) is 2.89. The molecule has 1 amide bonds. The molecule has 0 bridgehead atoms. The summed E-state index contributed by atoms with van der Waals surface area (Å²) in [7, 11) is 0. The summed E-state index contributed by atoms with van der Waals surface area (Å²) in [5, 5.41) is 4.17. The lowest BCUT2D eigenvalue weighted by Crippen LogP contribution is -2.37. The Bertz CT molecular complexity index is 467. The normalized spacial score (nSPS) is 19.6. The van der Waals surface area contributed by atoms with Crippen molar-refractivity contribution in [3.05, 3.63) is 29.7 Å². The van der Waals surface area contributed by atoms with Crippen LogP contribution in [0.25, 0.3) is 0 Å². The molecule has 0 aromatic carbocycles. The molecule has 0 spiro atoms. The Hall–Kier alpha value is -1.29. The van der Waals surface area contributed by atoms with Gasteiger partial charge in [-0.15, -0.1) is 11.6 Å². The number of hydrogen-bond donors (Lipinski definition) is 0. The van der Waals surface area contributed by atoms with Crippen molar-refractivity contribution in [1.82, 2.24) is 14.7 Å². The van der Waals surface area contributed by atoms with Gasteiger partial charge in [-0.2, -0.15) is 5.10 Å². The first-order chi connectivity index (χ1) is 9.13. The van der Waals surface area contributed by atoms with Gasteiger partial charge >= 0.3 is 0 Å². The topological polar surface area (TPSA) is 38.1 Å². The van der Waals surface area contributed by atoms with Crippen LogP contribution in [0.4, 0.5) is 0 Å². The van der Waals surface area contributed by atoms with Crippen LogP contribution in [0.5, 0.6) is 0 Å². The van der Waals surface area contributed by atoms with Crippen LogP contribution < -0.4 is 0 Å². The Morgan fingerprint density at radius 1 is 1.63 bits per heavy atom. The van der Waals surface area contributed by atoms with E-state index in [0.717, 1.165) is 18.5 Å². The maximum absolute atomic E-state index is 12.1. The number of nitrogens with zero attached hydrogens (tertiary/aromatic N) is 3. The van der Waals surface area contributed by atoms with E-state index >= 15 is 0 Å². The van der Waals surface area contributed by atoms with Crippen LogP contribution in [0.2, 0.25) is 0 Å². The van der Waals surface area contributed by atoms with Crippen molar-refractivity contribution in [3.8, 4) is 0 Å². The number of hydrogen-bond acceptors (Lipinski definition) is 2. The maximum Gasteiger partial charge on any atom is 0.243 e. The Morgan fingerprint density at radius 3 is 3.00 bits per heavy atom. The van der Waals surface area contributed by atoms with E-state index in [4.69, 9.17) is 11.6 Å². The summed E-state index contributed by atoms with van der Waals surface area (Å²) < 4.78 is 1.76. The average molecular weight is 282 g/mol. The van der Waals surface area contributed by atoms with Gasteiger partial charge in [0.15, 0.2) is 0 Å². The van der Waals surface area contributed by atoms with Crippen molar-refractivity contribution < 1.29 is 4.79 Å². The quantitative estimate of drug-likeness (QED) is 0.796. The number of amides is 1. The molecule has 1 heterocycles. The number of halogens is 1. The van der Waals surface area contributed by atoms with Gasteiger partial charge in [0, 0.05) is 18.1 Å². The second kappa shape index (κ2) is 6.24. The molecule has 0 saturated carbocycles. The van der Waals surface area contributed by atoms with Crippen molar-refractivity contribution in [2.24, 2.45) is 5.92 Å². The van der Waals surface area contributed by atoms with E-state index in [9.17, 15) is 4.79 Å². The number of carbonyl (C=O) groups excluding carboxylic acids is 1. The molecule has 0 radical (unpaired) electrons. The van der Waals surface area contributed by atoms with Gasteiger partial charge in [-0.3, -0.25) is 14.4 Å². The van der Waals surface area contributed by atoms with Crippen LogP contribution in [0.3, 0.4) is 0 Å². The van der Waals surface area contributed by atoms with Gasteiger partial charge < -0.3 is 0 Å². The lowest BCUT2D eigenvalue weighted by Gasteiger charge is -2.33. The standard InChI is InChI=1S/C14H20ClN3O/c1-11-5-3-6-12(2)14(11)18(13(19)9-15)10-17-8-4-7-16-17/h4,7-8,11H,3,5-6,9-10H2,1-2H3. The zero-order valence-electron chi connectivity index (χ0n) is 11.5. The Morgan fingerprint density at radius 2 is 2.42 bits per heavy atom. The molecule has 1 aromatic heterocycles. The largest absolute Gasteiger partial charge is 0.295 e. The van der Waals surface area contributed by atoms with E-state index in [1.165, 1.54) is 12.0 Å². The molecule has 4 nitrogen and oxygen atoms in total. The zero-order chi connectivity index (χ0) is 13.8. The minimum absolute atomic E-state index is 0.00473. The lowest BCUT2D eigenvalue weighted by molar-refractivity contribution is -0.128. The third-order valence-corrected chi connectivity index (χ3v) is 3.87. The molecule has 0 aliphatic heterocycles. The Labute approximate surface area is 119 Å². The van der Waals surface area contributed by atoms with E-state index in [1.807, 2.05) is 12.3 Å². The van der Waals surface area contributed by atoms with Gasteiger partial charge in [-0.25, -0.2) is 0 Å². The first-order valence-electron chi connectivity index (χ1n) is 6.67. The zero-order valence-corrected chi connectivity index (χ0v) is 12.2. The number of aromatic nitrogens is 2. The fourth-order valence-electron chi connectivity index (χ4n) is 2.75. The van der Waals surface area contributed by atoms with E-state index in [-0.39, 0.29) is 11.8 Å². The second-order valence-corrected chi connectivity index (χ2v) is 5.37. The van der Waals surface area contributed by atoms with Gasteiger partial charge in [-0.1, -0.05) is 12.5 Å². The van der Waals surface area contributed by atoms with Crippen molar-refractivity contribution in [2.45, 2.75) is 39.8 Å². The highest BCUT2D eigenvalue weighted by molar-refractivity contribution is 6.27. The summed E-state index contributed by atoms with van der Waals surface area (Å²) in [4.78, 5) is 13.9. The molecule has 0 N–H and O–H groups in total. The van der Waals surface area contributed by atoms with Crippen LogP contribution in [-0.4, -0.2) is 26.5 Å². The first kappa shape index (κ1) is 14.1. The second-order valence-electron chi connectivity index (χ2n) is 5.10. The van der Waals surface area contributed by atoms with Gasteiger partial charge in [0.2, 0.25) is 5.91 Å². The van der Waals surface area contributed by atoms with Crippen molar-refractivity contribution in [2.75, 3.05) is 5.88 Å². The molecular weight excluding hydrogens is 262 g/mol. The van der Waals surface area contributed by atoms with E-state index in [1.54, 1.807) is 15.8 Å². The SMILES string of the molecule is CC1=C(N(Cn2cccn2)C(=O)CCl)C(C)CCC1. The molecule has 0 saturated heterocycles. The summed E-state index contributed by atoms with van der Waals surface area (Å²) in [6, 6.07) is 1.86. The van der Waals surface area contributed by atoms with Gasteiger partial charge in [-0.05, 0) is 38.2 Å². The highest BCUT2D eigenvalue weighted by atomic mass is 35.5. The molecule has 104 valence electrons. The number of allylic oxidation sites excluding steroid dienone is 2. The molecule has 1 aromatic rings. The molecule has 1 aliphatic carbocycles. The molecule has 1 unspecified atom stereocenters. The van der Waals surface area contributed by atoms with Gasteiger partial charge in [0.1, 0.15) is 12.5 Å². The molecule has 2 rings (SSSR count). The number of alkyl halides is 1. The van der Waals surface area contributed by atoms with E-state index in [0.29, 0.717) is 12.6 Å². The maximum atomic E-state index is 12.1. The smallest absolute Gasteiger partial charge is 0.243 e. The summed E-state index contributed by atoms with van der Waals surface area (Å²) in [6.45, 7) is 4.73. The molecular formula is C14H20ClN3O. The summed E-state index contributed by atoms with van der Waals surface area (Å²) >= 11 is 5.76. The van der Waals surface area contributed by atoms with Crippen LogP contribution in [0, 0.1) is 5.92 Å². The van der Waals surface area contributed by atoms with E-state index in [2.05, 4.69) is 18.9 Å². The molecule has 1 aliphatic rings. The Balaban J connectivity index is 2.29. The van der Waals surface area contributed by atoms with Crippen LogP contribution in [0.15, 0.2) is 29.7 Å². The summed E-state index contributed by atoms with van der Waals surface area (Å²) in [6.07, 6.45) is 6.96. The van der Waals surface area contributed by atoms with Gasteiger partial charge in [0.05, 0.1) is 0 Å². The van der Waals surface area contributed by atoms with Crippen molar-refractivity contribution in [3.63, 3.8) is 0 Å². The van der Waals surface area contributed by atoms with Crippen molar-refractivity contribution in [1.29, 1.82) is 0 Å². The minimum Gasteiger partial charge on any atom is -0.295 e. The van der Waals surface area contributed by atoms with Crippen LogP contribution >= 0.6 is 11.6 Å².